The molecule has 0 aliphatic rings. The molecule has 27 heavy (non-hydrogen) atoms. The second-order valence-corrected chi connectivity index (χ2v) is 6.16. The van der Waals surface area contributed by atoms with Gasteiger partial charge < -0.3 is 15.2 Å². The smallest absolute Gasteiger partial charge is 0.279 e. The number of aromatic nitrogens is 2. The number of hydrogen-bond acceptors (Lipinski definition) is 3. The van der Waals surface area contributed by atoms with E-state index in [1.807, 2.05) is 6.92 Å². The van der Waals surface area contributed by atoms with Crippen LogP contribution in [0.5, 0.6) is 0 Å². The number of halogens is 2. The molecular weight excluding hydrogens is 354 g/mol. The highest BCUT2D eigenvalue weighted by molar-refractivity contribution is 5.91. The predicted molar refractivity (Wildman–Crippen MR) is 97.4 cm³/mol. The monoisotopic (exact) mass is 373 g/mol. The van der Waals surface area contributed by atoms with E-state index >= 15 is 0 Å². The van der Waals surface area contributed by atoms with Gasteiger partial charge in [0.2, 0.25) is 0 Å². The van der Waals surface area contributed by atoms with Crippen LogP contribution in [0.2, 0.25) is 0 Å². The molecule has 1 aromatic heterocycles. The summed E-state index contributed by atoms with van der Waals surface area (Å²) in [6, 6.07) is 10.2. The van der Waals surface area contributed by atoms with E-state index in [4.69, 9.17) is 0 Å². The number of nitrogens with zero attached hydrogens (tertiary/aromatic N) is 1. The molecule has 6 nitrogen and oxygen atoms in total. The Bertz CT molecular complexity index is 1040. The Hall–Kier alpha value is -3.13. The molecule has 8 heteroatoms. The Morgan fingerprint density at radius 1 is 1.19 bits per heavy atom. The lowest BCUT2D eigenvalue weighted by Crippen LogP contribution is -3.11. The van der Waals surface area contributed by atoms with E-state index in [9.17, 15) is 18.4 Å². The maximum Gasteiger partial charge on any atom is 0.279 e. The molecule has 0 bridgehead atoms. The molecule has 3 aromatic rings. The van der Waals surface area contributed by atoms with Gasteiger partial charge in [-0.3, -0.25) is 9.59 Å². The minimum absolute atomic E-state index is 0.0893. The molecule has 0 radical (unpaired) electrons. The molecule has 1 unspecified atom stereocenters. The van der Waals surface area contributed by atoms with Crippen LogP contribution < -0.4 is 15.8 Å². The van der Waals surface area contributed by atoms with Crippen molar-refractivity contribution in [2.45, 2.75) is 13.5 Å². The summed E-state index contributed by atoms with van der Waals surface area (Å²) in [6.07, 6.45) is 0. The number of nitrogens with one attached hydrogen (secondary N) is 3. The predicted octanol–water partition coefficient (Wildman–Crippen LogP) is 1.24. The summed E-state index contributed by atoms with van der Waals surface area (Å²) in [6.45, 7) is 2.95. The van der Waals surface area contributed by atoms with Crippen LogP contribution in [0.3, 0.4) is 0 Å². The highest BCUT2D eigenvalue weighted by atomic mass is 19.2. The van der Waals surface area contributed by atoms with Crippen molar-refractivity contribution in [3.05, 3.63) is 70.3 Å². The Morgan fingerprint density at radius 3 is 2.70 bits per heavy atom. The lowest BCUT2D eigenvalue weighted by molar-refractivity contribution is -0.904. The molecule has 0 spiro atoms. The van der Waals surface area contributed by atoms with E-state index in [-0.39, 0.29) is 23.7 Å². The SMILES string of the molecule is CC[NH+](CC(=O)Nc1ccc(F)c(F)c1)Cc1nc2ccccc2c(=O)[nH]1. The van der Waals surface area contributed by atoms with Crippen molar-refractivity contribution in [1.29, 1.82) is 0 Å². The van der Waals surface area contributed by atoms with Crippen molar-refractivity contribution in [3.8, 4) is 0 Å². The first-order chi connectivity index (χ1) is 13.0. The number of fused-ring (bicyclic) bond motifs is 1. The third-order valence-electron chi connectivity index (χ3n) is 4.19. The number of aromatic amines is 1. The van der Waals surface area contributed by atoms with Gasteiger partial charge in [0.25, 0.3) is 11.5 Å². The molecular formula is C19H19F2N4O2+. The number of H-pyrrole nitrogens is 1. The number of para-hydroxylation sites is 1. The molecule has 3 N–H and O–H groups in total. The average molecular weight is 373 g/mol. The van der Waals surface area contributed by atoms with Crippen molar-refractivity contribution in [3.63, 3.8) is 0 Å². The first-order valence-corrected chi connectivity index (χ1v) is 8.52. The zero-order valence-electron chi connectivity index (χ0n) is 14.7. The zero-order chi connectivity index (χ0) is 19.4. The van der Waals surface area contributed by atoms with Crippen molar-refractivity contribution in [2.75, 3.05) is 18.4 Å². The van der Waals surface area contributed by atoms with Crippen LogP contribution in [0.4, 0.5) is 14.5 Å². The Labute approximate surface area is 153 Å². The summed E-state index contributed by atoms with van der Waals surface area (Å²) in [5.74, 6) is -1.86. The molecule has 2 aromatic carbocycles. The van der Waals surface area contributed by atoms with E-state index in [0.29, 0.717) is 29.8 Å². The summed E-state index contributed by atoms with van der Waals surface area (Å²) in [7, 11) is 0. The number of hydrogen-bond donors (Lipinski definition) is 3. The fourth-order valence-corrected chi connectivity index (χ4v) is 2.77. The van der Waals surface area contributed by atoms with E-state index in [1.54, 1.807) is 24.3 Å². The van der Waals surface area contributed by atoms with Crippen molar-refractivity contribution in [1.82, 2.24) is 9.97 Å². The molecule has 1 atom stereocenters. The van der Waals surface area contributed by atoms with E-state index in [1.165, 1.54) is 6.07 Å². The molecule has 0 saturated heterocycles. The van der Waals surface area contributed by atoms with Gasteiger partial charge in [-0.25, -0.2) is 13.8 Å². The van der Waals surface area contributed by atoms with Gasteiger partial charge in [-0.2, -0.15) is 0 Å². The maximum atomic E-state index is 13.2. The fraction of sp³-hybridized carbons (Fsp3) is 0.211. The van der Waals surface area contributed by atoms with Gasteiger partial charge in [0, 0.05) is 11.8 Å². The lowest BCUT2D eigenvalue weighted by Gasteiger charge is -2.17. The zero-order valence-corrected chi connectivity index (χ0v) is 14.7. The molecule has 1 amide bonds. The highest BCUT2D eigenvalue weighted by Crippen LogP contribution is 2.12. The standard InChI is InChI=1S/C19H18F2N4O2/c1-2-25(11-18(26)22-12-7-8-14(20)15(21)9-12)10-17-23-16-6-4-3-5-13(16)19(27)24-17/h3-9H,2,10-11H2,1H3,(H,22,26)(H,23,24,27)/p+1. The van der Waals surface area contributed by atoms with Gasteiger partial charge in [0.1, 0.15) is 6.54 Å². The number of amides is 1. The minimum atomic E-state index is -1.02. The van der Waals surface area contributed by atoms with Crippen molar-refractivity contribution < 1.29 is 18.5 Å². The van der Waals surface area contributed by atoms with E-state index < -0.39 is 11.6 Å². The number of rotatable bonds is 6. The van der Waals surface area contributed by atoms with Crippen LogP contribution >= 0.6 is 0 Å². The summed E-state index contributed by atoms with van der Waals surface area (Å²) >= 11 is 0. The number of benzene rings is 2. The maximum absolute atomic E-state index is 13.2. The van der Waals surface area contributed by atoms with Crippen LogP contribution in [0.15, 0.2) is 47.3 Å². The third-order valence-corrected chi connectivity index (χ3v) is 4.19. The summed E-state index contributed by atoms with van der Waals surface area (Å²) in [5.41, 5.74) is 0.557. The van der Waals surface area contributed by atoms with Crippen LogP contribution in [0.1, 0.15) is 12.7 Å². The number of anilines is 1. The molecule has 140 valence electrons. The topological polar surface area (TPSA) is 79.3 Å². The summed E-state index contributed by atoms with van der Waals surface area (Å²) in [5, 5.41) is 3.05. The Balaban J connectivity index is 1.69. The first-order valence-electron chi connectivity index (χ1n) is 8.52. The molecule has 0 fully saturated rings. The van der Waals surface area contributed by atoms with Crippen LogP contribution in [0, 0.1) is 11.6 Å². The number of carbonyl (C=O) groups is 1. The number of quaternary nitrogens is 1. The quantitative estimate of drug-likeness (QED) is 0.608. The fourth-order valence-electron chi connectivity index (χ4n) is 2.77. The highest BCUT2D eigenvalue weighted by Gasteiger charge is 2.16. The van der Waals surface area contributed by atoms with Crippen LogP contribution in [-0.2, 0) is 11.3 Å². The van der Waals surface area contributed by atoms with Crippen molar-refractivity contribution >= 4 is 22.5 Å². The minimum Gasteiger partial charge on any atom is -0.321 e. The second-order valence-electron chi connectivity index (χ2n) is 6.16. The van der Waals surface area contributed by atoms with Gasteiger partial charge in [-0.05, 0) is 31.2 Å². The largest absolute Gasteiger partial charge is 0.321 e. The third kappa shape index (κ3) is 4.53. The van der Waals surface area contributed by atoms with Gasteiger partial charge in [-0.1, -0.05) is 12.1 Å². The lowest BCUT2D eigenvalue weighted by atomic mass is 10.2. The van der Waals surface area contributed by atoms with Crippen molar-refractivity contribution in [2.24, 2.45) is 0 Å². The summed E-state index contributed by atoms with van der Waals surface area (Å²) < 4.78 is 26.2. The molecule has 1 heterocycles. The molecule has 0 saturated carbocycles. The summed E-state index contributed by atoms with van der Waals surface area (Å²) in [4.78, 5) is 32.4. The van der Waals surface area contributed by atoms with Crippen LogP contribution in [-0.4, -0.2) is 29.0 Å². The first kappa shape index (κ1) is 18.7. The molecule has 0 aliphatic carbocycles. The van der Waals surface area contributed by atoms with Gasteiger partial charge >= 0.3 is 0 Å². The number of carbonyl (C=O) groups excluding carboxylic acids is 1. The van der Waals surface area contributed by atoms with Gasteiger partial charge in [-0.15, -0.1) is 0 Å². The van der Waals surface area contributed by atoms with Gasteiger partial charge in [0.15, 0.2) is 24.0 Å². The normalized spacial score (nSPS) is 12.1. The average Bonchev–Trinajstić information content (AvgIpc) is 2.64. The van der Waals surface area contributed by atoms with Crippen LogP contribution in [0.25, 0.3) is 10.9 Å². The number of likely N-dealkylation sites (N-methyl/N-ethyl adjacent to an activating group) is 1. The van der Waals surface area contributed by atoms with Gasteiger partial charge in [0.05, 0.1) is 17.4 Å². The van der Waals surface area contributed by atoms with E-state index in [0.717, 1.165) is 17.0 Å². The molecule has 3 rings (SSSR count). The van der Waals surface area contributed by atoms with E-state index in [2.05, 4.69) is 15.3 Å². The second kappa shape index (κ2) is 8.05. The Morgan fingerprint density at radius 2 is 1.96 bits per heavy atom. The Kier molecular flexibility index (Phi) is 5.56. The molecule has 0 aliphatic heterocycles.